The summed E-state index contributed by atoms with van der Waals surface area (Å²) in [5.41, 5.74) is 1.47. The van der Waals surface area contributed by atoms with Crippen LogP contribution >= 0.6 is 0 Å². The Morgan fingerprint density at radius 3 is 2.29 bits per heavy atom. The first-order valence-corrected chi connectivity index (χ1v) is 13.2. The van der Waals surface area contributed by atoms with Gasteiger partial charge >= 0.3 is 0 Å². The van der Waals surface area contributed by atoms with Crippen LogP contribution in [0.3, 0.4) is 0 Å². The van der Waals surface area contributed by atoms with Crippen LogP contribution < -0.4 is 10.3 Å². The number of aromatic nitrogens is 1. The normalized spacial score (nSPS) is 14.7. The molecule has 0 aliphatic carbocycles. The Labute approximate surface area is 199 Å². The second-order valence-corrected chi connectivity index (χ2v) is 10.5. The lowest BCUT2D eigenvalue weighted by atomic mass is 10.1. The van der Waals surface area contributed by atoms with Crippen molar-refractivity contribution in [1.29, 1.82) is 0 Å². The quantitative estimate of drug-likeness (QED) is 0.518. The van der Waals surface area contributed by atoms with Crippen LogP contribution in [0.2, 0.25) is 0 Å². The Kier molecular flexibility index (Phi) is 7.17. The number of pyridine rings is 1. The van der Waals surface area contributed by atoms with Crippen molar-refractivity contribution in [2.45, 2.75) is 36.7 Å². The number of ether oxygens (including phenoxy) is 1. The summed E-state index contributed by atoms with van der Waals surface area (Å²) in [7, 11) is -3.29. The lowest BCUT2D eigenvalue weighted by Gasteiger charge is -2.32. The number of aryl methyl sites for hydroxylation is 1. The molecule has 1 amide bonds. The summed E-state index contributed by atoms with van der Waals surface area (Å²) in [5, 5.41) is 0. The van der Waals surface area contributed by atoms with Crippen molar-refractivity contribution in [1.82, 2.24) is 9.47 Å². The first-order chi connectivity index (χ1) is 16.3. The predicted octanol–water partition coefficient (Wildman–Crippen LogP) is 3.24. The Morgan fingerprint density at radius 1 is 1.00 bits per heavy atom. The molecule has 0 radical (unpaired) electrons. The molecule has 7 nitrogen and oxygen atoms in total. The number of carbonyl (C=O) groups is 1. The minimum Gasteiger partial charge on any atom is -0.490 e. The van der Waals surface area contributed by atoms with Crippen molar-refractivity contribution in [3.8, 4) is 11.4 Å². The molecule has 8 heteroatoms. The van der Waals surface area contributed by atoms with E-state index >= 15 is 0 Å². The van der Waals surface area contributed by atoms with Gasteiger partial charge in [-0.2, -0.15) is 0 Å². The average molecular weight is 481 g/mol. The molecule has 1 fully saturated rings. The first kappa shape index (κ1) is 23.8. The molecule has 34 heavy (non-hydrogen) atoms. The zero-order valence-corrected chi connectivity index (χ0v) is 19.9. The van der Waals surface area contributed by atoms with Crippen LogP contribution in [-0.4, -0.2) is 49.2 Å². The number of benzene rings is 2. The van der Waals surface area contributed by atoms with Gasteiger partial charge < -0.3 is 9.64 Å². The van der Waals surface area contributed by atoms with Crippen LogP contribution in [0.15, 0.2) is 82.6 Å². The van der Waals surface area contributed by atoms with Gasteiger partial charge in [0.1, 0.15) is 11.9 Å². The summed E-state index contributed by atoms with van der Waals surface area (Å²) in [6, 6.07) is 19.3. The molecule has 0 atom stereocenters. The number of piperidine rings is 1. The molecule has 0 saturated carbocycles. The first-order valence-electron chi connectivity index (χ1n) is 11.3. The number of rotatable bonds is 7. The fraction of sp³-hybridized carbons (Fsp3) is 0.308. The van der Waals surface area contributed by atoms with Crippen molar-refractivity contribution in [2.24, 2.45) is 0 Å². The zero-order chi connectivity index (χ0) is 24.1. The molecule has 4 rings (SSSR count). The molecule has 0 N–H and O–H groups in total. The molecule has 0 unspecified atom stereocenters. The molecule has 2 heterocycles. The minimum absolute atomic E-state index is 0.0533. The van der Waals surface area contributed by atoms with Gasteiger partial charge in [-0.05, 0) is 42.3 Å². The fourth-order valence-electron chi connectivity index (χ4n) is 4.07. The number of amides is 1. The van der Waals surface area contributed by atoms with Crippen molar-refractivity contribution >= 4 is 15.7 Å². The predicted molar refractivity (Wildman–Crippen MR) is 130 cm³/mol. The zero-order valence-electron chi connectivity index (χ0n) is 19.1. The van der Waals surface area contributed by atoms with Gasteiger partial charge in [-0.15, -0.1) is 0 Å². The van der Waals surface area contributed by atoms with E-state index in [0.717, 1.165) is 18.2 Å². The third-order valence-corrected chi connectivity index (χ3v) is 7.13. The Bertz CT molecular complexity index is 1290. The van der Waals surface area contributed by atoms with Crippen molar-refractivity contribution in [3.05, 3.63) is 88.8 Å². The fourth-order valence-corrected chi connectivity index (χ4v) is 4.70. The maximum Gasteiger partial charge on any atom is 0.258 e. The highest BCUT2D eigenvalue weighted by Gasteiger charge is 2.24. The van der Waals surface area contributed by atoms with Crippen LogP contribution in [-0.2, 0) is 21.1 Å². The van der Waals surface area contributed by atoms with Gasteiger partial charge in [0, 0.05) is 56.6 Å². The summed E-state index contributed by atoms with van der Waals surface area (Å²) in [6.07, 6.45) is 5.38. The number of nitrogens with zero attached hydrogens (tertiary/aromatic N) is 2. The van der Waals surface area contributed by atoms with E-state index in [2.05, 4.69) is 0 Å². The molecule has 3 aromatic rings. The number of carbonyl (C=O) groups excluding carboxylic acids is 1. The summed E-state index contributed by atoms with van der Waals surface area (Å²) >= 11 is 0. The summed E-state index contributed by atoms with van der Waals surface area (Å²) < 4.78 is 30.7. The van der Waals surface area contributed by atoms with Crippen LogP contribution in [0.5, 0.6) is 5.75 Å². The monoisotopic (exact) mass is 480 g/mol. The lowest BCUT2D eigenvalue weighted by molar-refractivity contribution is -0.132. The van der Waals surface area contributed by atoms with Gasteiger partial charge in [-0.3, -0.25) is 14.2 Å². The molecule has 2 aromatic carbocycles. The van der Waals surface area contributed by atoms with Crippen molar-refractivity contribution in [3.63, 3.8) is 0 Å². The van der Waals surface area contributed by atoms with E-state index in [9.17, 15) is 18.0 Å². The number of likely N-dealkylation sites (tertiary alicyclic amines) is 1. The highest BCUT2D eigenvalue weighted by atomic mass is 32.2. The lowest BCUT2D eigenvalue weighted by Crippen LogP contribution is -2.42. The third-order valence-electron chi connectivity index (χ3n) is 6.00. The molecule has 178 valence electrons. The van der Waals surface area contributed by atoms with Gasteiger partial charge in [-0.1, -0.05) is 30.3 Å². The molecule has 1 aromatic heterocycles. The van der Waals surface area contributed by atoms with E-state index in [4.69, 9.17) is 4.74 Å². The van der Waals surface area contributed by atoms with Gasteiger partial charge in [-0.25, -0.2) is 8.42 Å². The summed E-state index contributed by atoms with van der Waals surface area (Å²) in [4.78, 5) is 27.2. The van der Waals surface area contributed by atoms with E-state index in [0.29, 0.717) is 43.8 Å². The molecule has 1 saturated heterocycles. The number of hydrogen-bond acceptors (Lipinski definition) is 5. The molecule has 0 bridgehead atoms. The maximum atomic E-state index is 12.6. The number of sulfone groups is 1. The average Bonchev–Trinajstić information content (AvgIpc) is 2.83. The third kappa shape index (κ3) is 5.94. The smallest absolute Gasteiger partial charge is 0.258 e. The number of hydrogen-bond donors (Lipinski definition) is 0. The van der Waals surface area contributed by atoms with E-state index in [1.807, 2.05) is 35.2 Å². The van der Waals surface area contributed by atoms with E-state index in [-0.39, 0.29) is 22.5 Å². The van der Waals surface area contributed by atoms with E-state index in [1.165, 1.54) is 22.8 Å². The van der Waals surface area contributed by atoms with E-state index in [1.54, 1.807) is 24.4 Å². The highest BCUT2D eigenvalue weighted by Crippen LogP contribution is 2.20. The van der Waals surface area contributed by atoms with Crippen LogP contribution in [0.25, 0.3) is 5.69 Å². The van der Waals surface area contributed by atoms with Crippen LogP contribution in [0.1, 0.15) is 24.8 Å². The van der Waals surface area contributed by atoms with E-state index < -0.39 is 9.84 Å². The maximum absolute atomic E-state index is 12.6. The second kappa shape index (κ2) is 10.3. The van der Waals surface area contributed by atoms with Gasteiger partial charge in [0.05, 0.1) is 4.90 Å². The van der Waals surface area contributed by atoms with Crippen LogP contribution in [0, 0.1) is 0 Å². The molecule has 1 aliphatic rings. The largest absolute Gasteiger partial charge is 0.490 e. The van der Waals surface area contributed by atoms with Gasteiger partial charge in [0.15, 0.2) is 9.84 Å². The minimum atomic E-state index is -3.29. The molecule has 1 aliphatic heterocycles. The Hall–Kier alpha value is -3.39. The second-order valence-electron chi connectivity index (χ2n) is 8.52. The Morgan fingerprint density at radius 2 is 1.68 bits per heavy atom. The Balaban J connectivity index is 1.30. The van der Waals surface area contributed by atoms with Gasteiger partial charge in [0.25, 0.3) is 5.56 Å². The topological polar surface area (TPSA) is 85.7 Å². The van der Waals surface area contributed by atoms with Gasteiger partial charge in [0.2, 0.25) is 5.91 Å². The molecular weight excluding hydrogens is 452 g/mol. The van der Waals surface area contributed by atoms with Crippen molar-refractivity contribution in [2.75, 3.05) is 19.3 Å². The van der Waals surface area contributed by atoms with Crippen LogP contribution in [0.4, 0.5) is 0 Å². The van der Waals surface area contributed by atoms with Crippen molar-refractivity contribution < 1.29 is 17.9 Å². The SMILES string of the molecule is CS(=O)(=O)c1ccc(-n2ccc(OC3CCN(C(=O)CCc4ccccc4)CC3)cc2=O)cc1. The molecule has 0 spiro atoms. The highest BCUT2D eigenvalue weighted by molar-refractivity contribution is 7.90. The standard InChI is InChI=1S/C26H28N2O5S/c1-34(31,32)24-10-8-21(9-11-24)28-18-15-23(19-26(28)30)33-22-13-16-27(17-14-22)25(29)12-7-20-5-3-2-4-6-20/h2-6,8-11,15,18-19,22H,7,12-14,16-17H2,1H3. The summed E-state index contributed by atoms with van der Waals surface area (Å²) in [5.74, 6) is 0.648. The summed E-state index contributed by atoms with van der Waals surface area (Å²) in [6.45, 7) is 1.28. The molecular formula is C26H28N2O5S.